The van der Waals surface area contributed by atoms with E-state index in [2.05, 4.69) is 4.98 Å². The van der Waals surface area contributed by atoms with Gasteiger partial charge in [0.1, 0.15) is 6.54 Å². The number of aromatic nitrogens is 1. The zero-order valence-electron chi connectivity index (χ0n) is 23.9. The van der Waals surface area contributed by atoms with Crippen molar-refractivity contribution in [2.24, 2.45) is 0 Å². The molecule has 2 amide bonds. The van der Waals surface area contributed by atoms with Gasteiger partial charge in [0.2, 0.25) is 5.91 Å². The first-order chi connectivity index (χ1) is 20.3. The Bertz CT molecular complexity index is 1530. The molecule has 11 nitrogen and oxygen atoms in total. The number of carbonyl (C=O) groups is 2. The number of nitrogens with zero attached hydrogens (tertiary/aromatic N) is 3. The number of ether oxygens (including phenoxy) is 3. The van der Waals surface area contributed by atoms with Gasteiger partial charge in [0.05, 0.1) is 25.7 Å². The normalized spacial score (nSPS) is 10.8. The predicted molar refractivity (Wildman–Crippen MR) is 158 cm³/mol. The van der Waals surface area contributed by atoms with Crippen LogP contribution in [0.15, 0.2) is 72.9 Å². The summed E-state index contributed by atoms with van der Waals surface area (Å²) in [5.41, 5.74) is 3.06. The van der Waals surface area contributed by atoms with Gasteiger partial charge in [-0.3, -0.25) is 19.7 Å². The summed E-state index contributed by atoms with van der Waals surface area (Å²) in [7, 11) is 4.63. The lowest BCUT2D eigenvalue weighted by atomic mass is 10.1. The first-order valence-corrected chi connectivity index (χ1v) is 13.4. The zero-order chi connectivity index (χ0) is 30.1. The highest BCUT2D eigenvalue weighted by Crippen LogP contribution is 2.28. The van der Waals surface area contributed by atoms with E-state index in [0.717, 1.165) is 22.0 Å². The standard InChI is InChI=1S/C31H34N4O7/c1-40-17-16-34(31(37)23-9-11-25(12-10-23)35(38)39)21-30(36)33(20-22-8-13-28(41-2)29(18-22)42-3)15-14-24-19-32-27-7-5-4-6-26(24)27/h4-13,18-19,32H,14-17,20-21H2,1-3H3. The summed E-state index contributed by atoms with van der Waals surface area (Å²) >= 11 is 0. The summed E-state index contributed by atoms with van der Waals surface area (Å²) < 4.78 is 16.0. The average Bonchev–Trinajstić information content (AvgIpc) is 3.43. The molecular weight excluding hydrogens is 540 g/mol. The van der Waals surface area contributed by atoms with Gasteiger partial charge in [0.25, 0.3) is 11.6 Å². The molecule has 0 radical (unpaired) electrons. The van der Waals surface area contributed by atoms with Crippen LogP contribution in [0.1, 0.15) is 21.5 Å². The van der Waals surface area contributed by atoms with Crippen LogP contribution in [0.3, 0.4) is 0 Å². The Morgan fingerprint density at radius 1 is 0.905 bits per heavy atom. The van der Waals surface area contributed by atoms with Crippen LogP contribution < -0.4 is 9.47 Å². The second kappa shape index (κ2) is 14.1. The lowest BCUT2D eigenvalue weighted by Crippen LogP contribution is -2.44. The highest BCUT2D eigenvalue weighted by Gasteiger charge is 2.24. The molecule has 1 aromatic heterocycles. The van der Waals surface area contributed by atoms with Crippen molar-refractivity contribution < 1.29 is 28.7 Å². The molecule has 0 spiro atoms. The molecule has 4 aromatic rings. The maximum Gasteiger partial charge on any atom is 0.269 e. The third-order valence-corrected chi connectivity index (χ3v) is 7.00. The highest BCUT2D eigenvalue weighted by atomic mass is 16.6. The van der Waals surface area contributed by atoms with Crippen LogP contribution in [-0.2, 0) is 22.5 Å². The Hall–Kier alpha value is -4.90. The monoisotopic (exact) mass is 574 g/mol. The molecule has 3 aromatic carbocycles. The lowest BCUT2D eigenvalue weighted by Gasteiger charge is -2.28. The molecule has 0 bridgehead atoms. The van der Waals surface area contributed by atoms with Crippen molar-refractivity contribution in [1.29, 1.82) is 0 Å². The first kappa shape index (κ1) is 30.1. The van der Waals surface area contributed by atoms with E-state index in [9.17, 15) is 19.7 Å². The first-order valence-electron chi connectivity index (χ1n) is 13.4. The number of carbonyl (C=O) groups excluding carboxylic acids is 2. The number of nitro groups is 1. The number of hydrogen-bond acceptors (Lipinski definition) is 7. The van der Waals surface area contributed by atoms with E-state index in [0.29, 0.717) is 24.5 Å². The van der Waals surface area contributed by atoms with Crippen LogP contribution in [-0.4, -0.2) is 79.1 Å². The van der Waals surface area contributed by atoms with E-state index in [-0.39, 0.29) is 43.4 Å². The van der Waals surface area contributed by atoms with Gasteiger partial charge in [0, 0.05) is 61.5 Å². The minimum Gasteiger partial charge on any atom is -0.493 e. The van der Waals surface area contributed by atoms with Crippen molar-refractivity contribution in [3.8, 4) is 11.5 Å². The molecule has 1 heterocycles. The summed E-state index contributed by atoms with van der Waals surface area (Å²) in [5.74, 6) is 0.459. The summed E-state index contributed by atoms with van der Waals surface area (Å²) in [6.45, 7) is 0.881. The molecule has 0 saturated carbocycles. The molecule has 0 atom stereocenters. The molecule has 0 fully saturated rings. The third-order valence-electron chi connectivity index (χ3n) is 7.00. The molecular formula is C31H34N4O7. The minimum atomic E-state index is -0.528. The molecule has 11 heteroatoms. The average molecular weight is 575 g/mol. The fourth-order valence-electron chi connectivity index (χ4n) is 4.71. The summed E-state index contributed by atoms with van der Waals surface area (Å²) in [5, 5.41) is 12.1. The van der Waals surface area contributed by atoms with Crippen LogP contribution >= 0.6 is 0 Å². The Labute approximate surface area is 243 Å². The van der Waals surface area contributed by atoms with Gasteiger partial charge in [-0.15, -0.1) is 0 Å². The van der Waals surface area contributed by atoms with Crippen molar-refractivity contribution in [3.05, 3.63) is 99.7 Å². The second-order valence-corrected chi connectivity index (χ2v) is 9.64. The molecule has 0 saturated heterocycles. The van der Waals surface area contributed by atoms with Gasteiger partial charge in [0.15, 0.2) is 11.5 Å². The molecule has 220 valence electrons. The summed E-state index contributed by atoms with van der Waals surface area (Å²) in [4.78, 5) is 44.1. The number of hydrogen-bond donors (Lipinski definition) is 1. The fourth-order valence-corrected chi connectivity index (χ4v) is 4.71. The van der Waals surface area contributed by atoms with E-state index in [1.165, 1.54) is 36.3 Å². The quantitative estimate of drug-likeness (QED) is 0.174. The molecule has 0 aliphatic heterocycles. The Balaban J connectivity index is 1.58. The number of non-ortho nitro benzene ring substituents is 1. The van der Waals surface area contributed by atoms with Crippen LogP contribution in [0.2, 0.25) is 0 Å². The third kappa shape index (κ3) is 7.24. The molecule has 42 heavy (non-hydrogen) atoms. The maximum atomic E-state index is 13.8. The van der Waals surface area contributed by atoms with Gasteiger partial charge in [-0.2, -0.15) is 0 Å². The van der Waals surface area contributed by atoms with Crippen molar-refractivity contribution in [2.45, 2.75) is 13.0 Å². The van der Waals surface area contributed by atoms with E-state index in [1.54, 1.807) is 25.2 Å². The van der Waals surface area contributed by atoms with Gasteiger partial charge in [-0.25, -0.2) is 0 Å². The van der Waals surface area contributed by atoms with Crippen molar-refractivity contribution in [3.63, 3.8) is 0 Å². The van der Waals surface area contributed by atoms with Crippen LogP contribution in [0.5, 0.6) is 11.5 Å². The number of fused-ring (bicyclic) bond motifs is 1. The number of benzene rings is 3. The molecule has 0 aliphatic rings. The van der Waals surface area contributed by atoms with Gasteiger partial charge < -0.3 is 29.0 Å². The number of methoxy groups -OCH3 is 3. The van der Waals surface area contributed by atoms with Crippen LogP contribution in [0.25, 0.3) is 10.9 Å². The second-order valence-electron chi connectivity index (χ2n) is 9.64. The molecule has 0 aliphatic carbocycles. The maximum absolute atomic E-state index is 13.8. The largest absolute Gasteiger partial charge is 0.493 e. The van der Waals surface area contributed by atoms with Crippen LogP contribution in [0, 0.1) is 10.1 Å². The number of rotatable bonds is 14. The number of para-hydroxylation sites is 1. The van der Waals surface area contributed by atoms with Gasteiger partial charge in [-0.05, 0) is 47.9 Å². The van der Waals surface area contributed by atoms with E-state index in [1.807, 2.05) is 42.6 Å². The van der Waals surface area contributed by atoms with Gasteiger partial charge in [-0.1, -0.05) is 24.3 Å². The summed E-state index contributed by atoms with van der Waals surface area (Å²) in [6, 6.07) is 18.8. The lowest BCUT2D eigenvalue weighted by molar-refractivity contribution is -0.384. The highest BCUT2D eigenvalue weighted by molar-refractivity contribution is 5.96. The smallest absolute Gasteiger partial charge is 0.269 e. The molecule has 1 N–H and O–H groups in total. The number of amides is 2. The molecule has 4 rings (SSSR count). The van der Waals surface area contributed by atoms with Crippen LogP contribution in [0.4, 0.5) is 5.69 Å². The Morgan fingerprint density at radius 2 is 1.64 bits per heavy atom. The van der Waals surface area contributed by atoms with Crippen molar-refractivity contribution in [2.75, 3.05) is 47.6 Å². The number of aromatic amines is 1. The SMILES string of the molecule is COCCN(CC(=O)N(CCc1c[nH]c2ccccc12)Cc1ccc(OC)c(OC)c1)C(=O)c1ccc([N+](=O)[O-])cc1. The predicted octanol–water partition coefficient (Wildman–Crippen LogP) is 4.45. The topological polar surface area (TPSA) is 127 Å². The molecule has 0 unspecified atom stereocenters. The fraction of sp³-hybridized carbons (Fsp3) is 0.290. The van der Waals surface area contributed by atoms with Crippen molar-refractivity contribution in [1.82, 2.24) is 14.8 Å². The summed E-state index contributed by atoms with van der Waals surface area (Å²) in [6.07, 6.45) is 2.55. The zero-order valence-corrected chi connectivity index (χ0v) is 23.9. The number of H-pyrrole nitrogens is 1. The minimum absolute atomic E-state index is 0.121. The van der Waals surface area contributed by atoms with E-state index < -0.39 is 10.8 Å². The van der Waals surface area contributed by atoms with E-state index >= 15 is 0 Å². The van der Waals surface area contributed by atoms with E-state index in [4.69, 9.17) is 14.2 Å². The Morgan fingerprint density at radius 3 is 2.33 bits per heavy atom. The van der Waals surface area contributed by atoms with Crippen molar-refractivity contribution >= 4 is 28.4 Å². The van der Waals surface area contributed by atoms with Gasteiger partial charge >= 0.3 is 0 Å². The number of nitro benzene ring substituents is 1. The number of nitrogens with one attached hydrogen (secondary N) is 1. The Kier molecular flexibility index (Phi) is 10.1.